The number of rotatable bonds is 52. The molecule has 0 aromatic heterocycles. The fourth-order valence-corrected chi connectivity index (χ4v) is 9.08. The summed E-state index contributed by atoms with van der Waals surface area (Å²) >= 11 is 0. The highest BCUT2D eigenvalue weighted by molar-refractivity contribution is 7.47. The quantitative estimate of drug-likeness (QED) is 0.0243. The van der Waals surface area contributed by atoms with Crippen molar-refractivity contribution in [3.8, 4) is 0 Å². The molecule has 3 N–H and O–H groups in total. The third-order valence-corrected chi connectivity index (χ3v) is 13.8. The molecule has 0 aromatic carbocycles. The van der Waals surface area contributed by atoms with Gasteiger partial charge >= 0.3 is 7.82 Å². The standard InChI is InChI=1S/C57H111N2O6P/c1-6-8-10-12-14-16-18-20-22-23-24-25-26-27-28-29-30-31-32-33-34-35-37-39-41-43-45-47-49-51-57(61)58-55(54-65-66(62,63)64-53-52-59(3,4)5)56(60)50-48-46-44-42-40-38-36-21-19-17-15-13-11-9-7-2/h27-28,40,42,48,50,55-56,60H,6-26,29-39,41,43-47,49,51-54H2,1-5H3,(H-,58,61,62,63)/p+1/b28-27-,42-40+,50-48+. The maximum atomic E-state index is 13.0. The molecule has 0 aromatic rings. The first-order chi connectivity index (χ1) is 32.0. The van der Waals surface area contributed by atoms with E-state index in [1.165, 1.54) is 212 Å². The highest BCUT2D eigenvalue weighted by Gasteiger charge is 2.27. The van der Waals surface area contributed by atoms with Crippen molar-refractivity contribution in [2.45, 2.75) is 283 Å². The van der Waals surface area contributed by atoms with Gasteiger partial charge in [0.15, 0.2) is 0 Å². The first-order valence-electron chi connectivity index (χ1n) is 28.4. The minimum Gasteiger partial charge on any atom is -0.387 e. The Kier molecular flexibility index (Phi) is 47.8. The molecule has 390 valence electrons. The van der Waals surface area contributed by atoms with Crippen LogP contribution in [0.5, 0.6) is 0 Å². The number of nitrogens with one attached hydrogen (secondary N) is 1. The highest BCUT2D eigenvalue weighted by Crippen LogP contribution is 2.43. The number of unbranched alkanes of at least 4 members (excludes halogenated alkanes) is 35. The number of hydrogen-bond acceptors (Lipinski definition) is 5. The van der Waals surface area contributed by atoms with E-state index in [1.807, 2.05) is 27.2 Å². The zero-order valence-electron chi connectivity index (χ0n) is 44.4. The SMILES string of the molecule is CCCCCCCCCCC/C=C/CC/C=C/C(O)C(COP(=O)(O)OCC[N+](C)(C)C)NC(=O)CCCCCCCCCCCCCCC/C=C\CCCCCCCCCCCCCC. The second-order valence-electron chi connectivity index (χ2n) is 20.7. The molecule has 0 aliphatic rings. The van der Waals surface area contributed by atoms with Gasteiger partial charge in [-0.15, -0.1) is 0 Å². The van der Waals surface area contributed by atoms with Gasteiger partial charge in [0.2, 0.25) is 5.91 Å². The molecule has 0 aliphatic heterocycles. The van der Waals surface area contributed by atoms with Crippen molar-refractivity contribution in [2.24, 2.45) is 0 Å². The number of aliphatic hydroxyl groups is 1. The van der Waals surface area contributed by atoms with Crippen LogP contribution in [0.3, 0.4) is 0 Å². The molecule has 0 radical (unpaired) electrons. The maximum absolute atomic E-state index is 13.0. The van der Waals surface area contributed by atoms with E-state index in [2.05, 4.69) is 43.5 Å². The number of allylic oxidation sites excluding steroid dienone is 5. The maximum Gasteiger partial charge on any atom is 0.472 e. The Labute approximate surface area is 410 Å². The average molecular weight is 953 g/mol. The van der Waals surface area contributed by atoms with E-state index in [0.717, 1.165) is 38.5 Å². The van der Waals surface area contributed by atoms with E-state index in [4.69, 9.17) is 9.05 Å². The molecule has 0 fully saturated rings. The highest BCUT2D eigenvalue weighted by atomic mass is 31.2. The van der Waals surface area contributed by atoms with Crippen LogP contribution in [-0.2, 0) is 18.4 Å². The van der Waals surface area contributed by atoms with Crippen LogP contribution in [0.25, 0.3) is 0 Å². The topological polar surface area (TPSA) is 105 Å². The third-order valence-electron chi connectivity index (χ3n) is 12.8. The summed E-state index contributed by atoms with van der Waals surface area (Å²) in [5.41, 5.74) is 0. The summed E-state index contributed by atoms with van der Waals surface area (Å²) in [7, 11) is 1.56. The number of carbonyl (C=O) groups excluding carboxylic acids is 1. The summed E-state index contributed by atoms with van der Waals surface area (Å²) in [5, 5.41) is 13.9. The minimum atomic E-state index is -4.35. The molecule has 8 nitrogen and oxygen atoms in total. The van der Waals surface area contributed by atoms with Gasteiger partial charge < -0.3 is 19.8 Å². The van der Waals surface area contributed by atoms with Crippen LogP contribution in [0, 0.1) is 0 Å². The summed E-state index contributed by atoms with van der Waals surface area (Å²) < 4.78 is 23.6. The molecule has 9 heteroatoms. The molecule has 1 amide bonds. The number of hydrogen-bond donors (Lipinski definition) is 3. The van der Waals surface area contributed by atoms with Crippen molar-refractivity contribution in [3.63, 3.8) is 0 Å². The number of likely N-dealkylation sites (N-methyl/N-ethyl adjacent to an activating group) is 1. The molecule has 3 unspecified atom stereocenters. The van der Waals surface area contributed by atoms with Crippen molar-refractivity contribution < 1.29 is 32.9 Å². The van der Waals surface area contributed by atoms with Gasteiger partial charge in [-0.3, -0.25) is 13.8 Å². The Morgan fingerprint density at radius 2 is 0.833 bits per heavy atom. The van der Waals surface area contributed by atoms with E-state index in [-0.39, 0.29) is 19.1 Å². The monoisotopic (exact) mass is 952 g/mol. The van der Waals surface area contributed by atoms with Gasteiger partial charge in [-0.05, 0) is 57.8 Å². The Morgan fingerprint density at radius 1 is 0.500 bits per heavy atom. The number of carbonyl (C=O) groups is 1. The molecule has 0 aliphatic carbocycles. The number of amides is 1. The predicted molar refractivity (Wildman–Crippen MR) is 286 cm³/mol. The van der Waals surface area contributed by atoms with Crippen LogP contribution < -0.4 is 5.32 Å². The largest absolute Gasteiger partial charge is 0.472 e. The zero-order valence-corrected chi connectivity index (χ0v) is 45.3. The van der Waals surface area contributed by atoms with Crippen molar-refractivity contribution in [1.82, 2.24) is 5.32 Å². The van der Waals surface area contributed by atoms with Gasteiger partial charge in [0, 0.05) is 6.42 Å². The lowest BCUT2D eigenvalue weighted by Crippen LogP contribution is -2.45. The normalized spacial score (nSPS) is 14.2. The lowest BCUT2D eigenvalue weighted by Gasteiger charge is -2.25. The van der Waals surface area contributed by atoms with Crippen LogP contribution in [0.1, 0.15) is 271 Å². The van der Waals surface area contributed by atoms with E-state index < -0.39 is 20.0 Å². The minimum absolute atomic E-state index is 0.0569. The van der Waals surface area contributed by atoms with Gasteiger partial charge in [0.05, 0.1) is 39.9 Å². The van der Waals surface area contributed by atoms with Gasteiger partial charge in [0.25, 0.3) is 0 Å². The molecule has 0 spiro atoms. The lowest BCUT2D eigenvalue weighted by atomic mass is 10.0. The molecule has 0 saturated carbocycles. The van der Waals surface area contributed by atoms with Gasteiger partial charge in [-0.2, -0.15) is 0 Å². The summed E-state index contributed by atoms with van der Waals surface area (Å²) in [4.78, 5) is 23.2. The number of phosphoric acid groups is 1. The second-order valence-corrected chi connectivity index (χ2v) is 22.1. The van der Waals surface area contributed by atoms with Gasteiger partial charge in [0.1, 0.15) is 13.2 Å². The summed E-state index contributed by atoms with van der Waals surface area (Å²) in [5.74, 6) is -0.185. The Hall–Kier alpha value is -1.28. The van der Waals surface area contributed by atoms with Crippen LogP contribution in [-0.4, -0.2) is 73.4 Å². The van der Waals surface area contributed by atoms with E-state index >= 15 is 0 Å². The molecule has 0 bridgehead atoms. The Balaban J connectivity index is 4.13. The number of nitrogens with zero attached hydrogens (tertiary/aromatic N) is 1. The lowest BCUT2D eigenvalue weighted by molar-refractivity contribution is -0.870. The molecule has 0 saturated heterocycles. The Bertz CT molecular complexity index is 1170. The van der Waals surface area contributed by atoms with E-state index in [9.17, 15) is 19.4 Å². The molecule has 0 rings (SSSR count). The molecule has 0 heterocycles. The van der Waals surface area contributed by atoms with Crippen molar-refractivity contribution in [3.05, 3.63) is 36.5 Å². The van der Waals surface area contributed by atoms with Crippen LogP contribution in [0.4, 0.5) is 0 Å². The fraction of sp³-hybridized carbons (Fsp3) is 0.877. The summed E-state index contributed by atoms with van der Waals surface area (Å²) in [6.07, 6.45) is 62.5. The van der Waals surface area contributed by atoms with Crippen LogP contribution in [0.2, 0.25) is 0 Å². The third kappa shape index (κ3) is 50.6. The molecular formula is C57H112N2O6P+. The first-order valence-corrected chi connectivity index (χ1v) is 29.9. The Morgan fingerprint density at radius 3 is 1.21 bits per heavy atom. The molecular weight excluding hydrogens is 840 g/mol. The van der Waals surface area contributed by atoms with Gasteiger partial charge in [-0.25, -0.2) is 4.57 Å². The molecule has 66 heavy (non-hydrogen) atoms. The predicted octanol–water partition coefficient (Wildman–Crippen LogP) is 17.0. The number of aliphatic hydroxyl groups excluding tert-OH is 1. The van der Waals surface area contributed by atoms with Crippen LogP contribution in [0.15, 0.2) is 36.5 Å². The number of quaternary nitrogens is 1. The smallest absolute Gasteiger partial charge is 0.387 e. The van der Waals surface area contributed by atoms with E-state index in [0.29, 0.717) is 17.4 Å². The second kappa shape index (κ2) is 48.7. The fourth-order valence-electron chi connectivity index (χ4n) is 8.35. The van der Waals surface area contributed by atoms with Crippen molar-refractivity contribution in [2.75, 3.05) is 40.9 Å². The molecule has 3 atom stereocenters. The van der Waals surface area contributed by atoms with Crippen molar-refractivity contribution >= 4 is 13.7 Å². The van der Waals surface area contributed by atoms with E-state index in [1.54, 1.807) is 6.08 Å². The van der Waals surface area contributed by atoms with Crippen molar-refractivity contribution in [1.29, 1.82) is 0 Å². The first kappa shape index (κ1) is 64.7. The summed E-state index contributed by atoms with van der Waals surface area (Å²) in [6, 6.07) is -0.862. The average Bonchev–Trinajstić information content (AvgIpc) is 3.28. The van der Waals surface area contributed by atoms with Crippen LogP contribution >= 0.6 is 7.82 Å². The zero-order chi connectivity index (χ0) is 48.5. The van der Waals surface area contributed by atoms with Gasteiger partial charge in [-0.1, -0.05) is 243 Å². The number of phosphoric ester groups is 1. The summed E-state index contributed by atoms with van der Waals surface area (Å²) in [6.45, 7) is 4.82.